The zero-order valence-corrected chi connectivity index (χ0v) is 22.9. The molecule has 0 aliphatic carbocycles. The van der Waals surface area contributed by atoms with E-state index in [1.54, 1.807) is 36.4 Å². The van der Waals surface area contributed by atoms with Gasteiger partial charge in [-0.3, -0.25) is 9.10 Å². The van der Waals surface area contributed by atoms with Crippen LogP contribution in [0.1, 0.15) is 31.9 Å². The molecule has 0 radical (unpaired) electrons. The van der Waals surface area contributed by atoms with Crippen LogP contribution in [0.3, 0.4) is 0 Å². The lowest BCUT2D eigenvalue weighted by Crippen LogP contribution is -2.51. The van der Waals surface area contributed by atoms with Crippen molar-refractivity contribution >= 4 is 33.2 Å². The number of hydrogen-bond donors (Lipinski definition) is 1. The number of amides is 1. The number of hydrogen-bond acceptors (Lipinski definition) is 5. The summed E-state index contributed by atoms with van der Waals surface area (Å²) in [7, 11) is -3.97. The second-order valence-corrected chi connectivity index (χ2v) is 12.3. The van der Waals surface area contributed by atoms with Gasteiger partial charge in [-0.05, 0) is 54.3 Å². The number of halogens is 1. The first-order valence-electron chi connectivity index (χ1n) is 12.0. The number of rotatable bonds is 7. The van der Waals surface area contributed by atoms with Crippen LogP contribution in [0.15, 0.2) is 71.6 Å². The van der Waals surface area contributed by atoms with Gasteiger partial charge in [0, 0.05) is 5.02 Å². The van der Waals surface area contributed by atoms with E-state index in [0.717, 1.165) is 16.9 Å². The molecule has 0 bridgehead atoms. The van der Waals surface area contributed by atoms with Crippen LogP contribution >= 0.6 is 11.6 Å². The molecular weight excluding hydrogens is 512 g/mol. The van der Waals surface area contributed by atoms with Gasteiger partial charge in [-0.15, -0.1) is 0 Å². The van der Waals surface area contributed by atoms with E-state index >= 15 is 0 Å². The molecule has 1 aliphatic rings. The molecule has 0 aromatic heterocycles. The summed E-state index contributed by atoms with van der Waals surface area (Å²) in [5, 5.41) is 3.17. The highest BCUT2D eigenvalue weighted by atomic mass is 35.5. The zero-order chi connectivity index (χ0) is 26.8. The molecule has 4 rings (SSSR count). The standard InChI is InChI=1S/C28H31ClN2O5S/c1-19-9-12-21(13-10-19)37(33,34)31-18-26(36-25-14-11-20(29)17-23(25)31)27(32)30-15-16-35-24-8-6-5-7-22(24)28(2,3)4/h5-14,17,26H,15-16,18H2,1-4H3,(H,30,32)/t26-/m0/s1. The summed E-state index contributed by atoms with van der Waals surface area (Å²) in [6, 6.07) is 19.1. The molecule has 1 aliphatic heterocycles. The highest BCUT2D eigenvalue weighted by Crippen LogP contribution is 2.39. The molecule has 3 aromatic rings. The maximum atomic E-state index is 13.5. The third kappa shape index (κ3) is 6.02. The van der Waals surface area contributed by atoms with Crippen LogP contribution in [0, 0.1) is 6.92 Å². The van der Waals surface area contributed by atoms with E-state index in [2.05, 4.69) is 26.1 Å². The van der Waals surface area contributed by atoms with E-state index in [4.69, 9.17) is 21.1 Å². The normalized spacial score (nSPS) is 15.5. The Morgan fingerprint density at radius 2 is 1.81 bits per heavy atom. The minimum atomic E-state index is -3.97. The summed E-state index contributed by atoms with van der Waals surface area (Å²) in [6.45, 7) is 8.50. The van der Waals surface area contributed by atoms with Gasteiger partial charge in [0.2, 0.25) is 0 Å². The molecule has 9 heteroatoms. The minimum absolute atomic E-state index is 0.0849. The third-order valence-electron chi connectivity index (χ3n) is 6.05. The molecule has 0 spiro atoms. The predicted octanol–water partition coefficient (Wildman–Crippen LogP) is 5.10. The van der Waals surface area contributed by atoms with Crippen molar-refractivity contribution in [2.75, 3.05) is 24.0 Å². The number of benzene rings is 3. The first-order valence-corrected chi connectivity index (χ1v) is 13.8. The van der Waals surface area contributed by atoms with Crippen LogP contribution in [0.25, 0.3) is 0 Å². The Morgan fingerprint density at radius 1 is 1.11 bits per heavy atom. The fourth-order valence-electron chi connectivity index (χ4n) is 4.09. The van der Waals surface area contributed by atoms with Crippen molar-refractivity contribution in [1.82, 2.24) is 5.32 Å². The number of para-hydroxylation sites is 1. The number of fused-ring (bicyclic) bond motifs is 1. The van der Waals surface area contributed by atoms with Crippen molar-refractivity contribution in [2.24, 2.45) is 0 Å². The molecular formula is C28H31ClN2O5S. The first kappa shape index (κ1) is 26.8. The van der Waals surface area contributed by atoms with Gasteiger partial charge >= 0.3 is 0 Å². The van der Waals surface area contributed by atoms with Crippen LogP contribution in [0.2, 0.25) is 5.02 Å². The molecule has 196 valence electrons. The fraction of sp³-hybridized carbons (Fsp3) is 0.321. The molecule has 1 heterocycles. The molecule has 0 saturated heterocycles. The largest absolute Gasteiger partial charge is 0.491 e. The second-order valence-electron chi connectivity index (χ2n) is 9.95. The van der Waals surface area contributed by atoms with Gasteiger partial charge in [0.1, 0.15) is 18.1 Å². The van der Waals surface area contributed by atoms with Crippen molar-refractivity contribution in [3.05, 3.63) is 82.9 Å². The summed E-state index contributed by atoms with van der Waals surface area (Å²) < 4.78 is 40.1. The van der Waals surface area contributed by atoms with E-state index in [-0.39, 0.29) is 35.8 Å². The Kier molecular flexibility index (Phi) is 7.71. The lowest BCUT2D eigenvalue weighted by atomic mass is 9.86. The number of anilines is 1. The lowest BCUT2D eigenvalue weighted by molar-refractivity contribution is -0.127. The fourth-order valence-corrected chi connectivity index (χ4v) is 5.72. The SMILES string of the molecule is Cc1ccc(S(=O)(=O)N2C[C@@H](C(=O)NCCOc3ccccc3C(C)(C)C)Oc3ccc(Cl)cc32)cc1. The summed E-state index contributed by atoms with van der Waals surface area (Å²) in [5.74, 6) is 0.596. The van der Waals surface area contributed by atoms with Crippen molar-refractivity contribution < 1.29 is 22.7 Å². The van der Waals surface area contributed by atoms with Gasteiger partial charge in [0.05, 0.1) is 23.7 Å². The van der Waals surface area contributed by atoms with Crippen LogP contribution in [0.5, 0.6) is 11.5 Å². The van der Waals surface area contributed by atoms with Crippen molar-refractivity contribution in [1.29, 1.82) is 0 Å². The lowest BCUT2D eigenvalue weighted by Gasteiger charge is -2.35. The maximum Gasteiger partial charge on any atom is 0.264 e. The predicted molar refractivity (Wildman–Crippen MR) is 145 cm³/mol. The Morgan fingerprint density at radius 3 is 2.51 bits per heavy atom. The number of sulfonamides is 1. The van der Waals surface area contributed by atoms with E-state index in [0.29, 0.717) is 10.7 Å². The average Bonchev–Trinajstić information content (AvgIpc) is 2.85. The molecule has 0 fully saturated rings. The number of carbonyl (C=O) groups excluding carboxylic acids is 1. The van der Waals surface area contributed by atoms with Crippen molar-refractivity contribution in [2.45, 2.75) is 44.1 Å². The van der Waals surface area contributed by atoms with Crippen molar-refractivity contribution in [3.8, 4) is 11.5 Å². The van der Waals surface area contributed by atoms with Crippen molar-refractivity contribution in [3.63, 3.8) is 0 Å². The number of ether oxygens (including phenoxy) is 2. The monoisotopic (exact) mass is 542 g/mol. The Bertz CT molecular complexity index is 1380. The molecule has 1 amide bonds. The summed E-state index contributed by atoms with van der Waals surface area (Å²) in [4.78, 5) is 13.1. The summed E-state index contributed by atoms with van der Waals surface area (Å²) in [6.07, 6.45) is -1.05. The van der Waals surface area contributed by atoms with Gasteiger partial charge in [-0.2, -0.15) is 0 Å². The zero-order valence-electron chi connectivity index (χ0n) is 21.3. The van der Waals surface area contributed by atoms with E-state index in [1.165, 1.54) is 10.4 Å². The Balaban J connectivity index is 1.48. The minimum Gasteiger partial charge on any atom is -0.491 e. The third-order valence-corrected chi connectivity index (χ3v) is 8.07. The molecule has 0 unspecified atom stereocenters. The molecule has 3 aromatic carbocycles. The number of carbonyl (C=O) groups is 1. The Labute approximate surface area is 223 Å². The second kappa shape index (κ2) is 10.6. The highest BCUT2D eigenvalue weighted by molar-refractivity contribution is 7.92. The number of nitrogens with zero attached hydrogens (tertiary/aromatic N) is 1. The van der Waals surface area contributed by atoms with Crippen LogP contribution in [-0.4, -0.2) is 40.1 Å². The first-order chi connectivity index (χ1) is 17.5. The van der Waals surface area contributed by atoms with E-state index in [1.807, 2.05) is 31.2 Å². The molecule has 37 heavy (non-hydrogen) atoms. The van der Waals surface area contributed by atoms with Crippen LogP contribution in [0.4, 0.5) is 5.69 Å². The topological polar surface area (TPSA) is 84.9 Å². The van der Waals surface area contributed by atoms with E-state index in [9.17, 15) is 13.2 Å². The molecule has 7 nitrogen and oxygen atoms in total. The van der Waals surface area contributed by atoms with Gasteiger partial charge in [0.25, 0.3) is 15.9 Å². The van der Waals surface area contributed by atoms with Crippen LogP contribution < -0.4 is 19.1 Å². The number of nitrogens with one attached hydrogen (secondary N) is 1. The quantitative estimate of drug-likeness (QED) is 0.420. The van der Waals surface area contributed by atoms with Crippen LogP contribution in [-0.2, 0) is 20.2 Å². The number of aryl methyl sites for hydroxylation is 1. The van der Waals surface area contributed by atoms with Gasteiger partial charge in [-0.1, -0.05) is 68.3 Å². The average molecular weight is 543 g/mol. The maximum absolute atomic E-state index is 13.5. The van der Waals surface area contributed by atoms with Gasteiger partial charge in [0.15, 0.2) is 6.10 Å². The summed E-state index contributed by atoms with van der Waals surface area (Å²) >= 11 is 6.16. The smallest absolute Gasteiger partial charge is 0.264 e. The van der Waals surface area contributed by atoms with Gasteiger partial charge in [-0.25, -0.2) is 8.42 Å². The molecule has 1 atom stereocenters. The molecule has 1 N–H and O–H groups in total. The highest BCUT2D eigenvalue weighted by Gasteiger charge is 2.37. The Hall–Kier alpha value is -3.23. The molecule has 0 saturated carbocycles. The summed E-state index contributed by atoms with van der Waals surface area (Å²) in [5.41, 5.74) is 2.22. The van der Waals surface area contributed by atoms with E-state index < -0.39 is 22.0 Å². The van der Waals surface area contributed by atoms with Gasteiger partial charge < -0.3 is 14.8 Å².